The van der Waals surface area contributed by atoms with E-state index >= 15 is 4.39 Å². The summed E-state index contributed by atoms with van der Waals surface area (Å²) in [6.07, 6.45) is 7.61. The highest BCUT2D eigenvalue weighted by Gasteiger charge is 2.37. The Morgan fingerprint density at radius 1 is 0.942 bits per heavy atom. The Morgan fingerprint density at radius 3 is 2.37 bits per heavy atom. The van der Waals surface area contributed by atoms with Gasteiger partial charge in [0.1, 0.15) is 18.5 Å². The molecule has 2 saturated heterocycles. The summed E-state index contributed by atoms with van der Waals surface area (Å²) in [6.45, 7) is 6.09. The van der Waals surface area contributed by atoms with E-state index < -0.39 is 29.6 Å². The number of carbonyl (C=O) groups excluding carboxylic acids is 4. The highest BCUT2D eigenvalue weighted by molar-refractivity contribution is 6.31. The maximum Gasteiger partial charge on any atom is 0.338 e. The molecule has 1 N–H and O–H groups in total. The van der Waals surface area contributed by atoms with Gasteiger partial charge in [0.05, 0.1) is 17.2 Å². The number of fused-ring (bicyclic) bond motifs is 1. The van der Waals surface area contributed by atoms with E-state index in [9.17, 15) is 19.2 Å². The number of ether oxygens (including phenoxy) is 2. The van der Waals surface area contributed by atoms with Crippen molar-refractivity contribution in [3.63, 3.8) is 0 Å². The summed E-state index contributed by atoms with van der Waals surface area (Å²) in [4.78, 5) is 59.3. The van der Waals surface area contributed by atoms with Gasteiger partial charge in [-0.1, -0.05) is 23.7 Å². The average Bonchev–Trinajstić information content (AvgIpc) is 3.70. The number of benzene rings is 3. The number of nitrogens with one attached hydrogen (secondary N) is 1. The minimum Gasteiger partial charge on any atom is -0.460 e. The van der Waals surface area contributed by atoms with Crippen molar-refractivity contribution in [2.24, 2.45) is 0 Å². The van der Waals surface area contributed by atoms with E-state index in [1.54, 1.807) is 24.3 Å². The van der Waals surface area contributed by atoms with Gasteiger partial charge >= 0.3 is 5.97 Å². The smallest absolute Gasteiger partial charge is 0.338 e. The third-order valence-electron chi connectivity index (χ3n) is 10.2. The van der Waals surface area contributed by atoms with Crippen LogP contribution in [0.4, 0.5) is 15.8 Å². The van der Waals surface area contributed by atoms with Crippen molar-refractivity contribution in [1.29, 1.82) is 0 Å². The Kier molecular flexibility index (Phi) is 12.0. The second kappa shape index (κ2) is 16.8. The summed E-state index contributed by atoms with van der Waals surface area (Å²) in [5, 5.41) is 2.76. The fourth-order valence-electron chi connectivity index (χ4n) is 7.53. The summed E-state index contributed by atoms with van der Waals surface area (Å²) in [7, 11) is 1.52. The quantitative estimate of drug-likeness (QED) is 0.106. The number of esters is 1. The zero-order chi connectivity index (χ0) is 36.8. The second-order valence-corrected chi connectivity index (χ2v) is 13.8. The van der Waals surface area contributed by atoms with Crippen LogP contribution in [0, 0.1) is 5.82 Å². The lowest BCUT2D eigenvalue weighted by atomic mass is 9.89. The Labute approximate surface area is 308 Å². The Hall–Kier alpha value is -4.58. The lowest BCUT2D eigenvalue weighted by Gasteiger charge is -2.41. The maximum absolute atomic E-state index is 15.1. The van der Waals surface area contributed by atoms with Gasteiger partial charge in [-0.15, -0.1) is 0 Å². The topological polar surface area (TPSA) is 108 Å². The summed E-state index contributed by atoms with van der Waals surface area (Å²) in [6, 6.07) is 14.5. The normalized spacial score (nSPS) is 18.0. The van der Waals surface area contributed by atoms with Gasteiger partial charge in [0, 0.05) is 61.4 Å². The first kappa shape index (κ1) is 37.2. The molecule has 3 aliphatic heterocycles. The molecule has 0 aromatic heterocycles. The van der Waals surface area contributed by atoms with Crippen molar-refractivity contribution in [2.45, 2.75) is 51.1 Å². The van der Waals surface area contributed by atoms with E-state index in [4.69, 9.17) is 21.1 Å². The number of likely N-dealkylation sites (tertiary alicyclic amines) is 1. The molecule has 0 bridgehead atoms. The van der Waals surface area contributed by atoms with Gasteiger partial charge in [-0.05, 0) is 112 Å². The van der Waals surface area contributed by atoms with Gasteiger partial charge in [-0.3, -0.25) is 14.4 Å². The highest BCUT2D eigenvalue weighted by atomic mass is 35.5. The molecule has 6 rings (SSSR count). The molecule has 274 valence electrons. The third-order valence-corrected chi connectivity index (χ3v) is 10.5. The van der Waals surface area contributed by atoms with Crippen molar-refractivity contribution in [3.05, 3.63) is 99.3 Å². The molecule has 2 fully saturated rings. The van der Waals surface area contributed by atoms with Crippen LogP contribution >= 0.6 is 11.6 Å². The van der Waals surface area contributed by atoms with E-state index in [0.29, 0.717) is 29.3 Å². The molecule has 3 aromatic carbocycles. The van der Waals surface area contributed by atoms with Crippen molar-refractivity contribution >= 4 is 52.6 Å². The fourth-order valence-corrected chi connectivity index (χ4v) is 7.70. The second-order valence-electron chi connectivity index (χ2n) is 13.4. The molecule has 1 atom stereocenters. The van der Waals surface area contributed by atoms with E-state index in [1.165, 1.54) is 69.1 Å². The number of amides is 2. The number of anilines is 2. The standard InChI is InChI=1S/C40H44ClFN4O6/c1-26(47)30-12-14-34(41)37(42)32(30)13-15-36(48)46-23-18-31-33(6-5-7-35(31)45-21-16-29(17-22-45)44-19-3-4-20-44)38(46)39(49)43-28-10-8-27(9-11-28)40(50)52-25-24-51-2/h5-15,29,38H,3-4,16-25H2,1-2H3,(H,43,49)/b15-13+. The number of ketones is 1. The number of nitrogens with zero attached hydrogens (tertiary/aromatic N) is 3. The third kappa shape index (κ3) is 8.22. The molecule has 1 unspecified atom stereocenters. The molecule has 0 spiro atoms. The minimum atomic E-state index is -1.02. The van der Waals surface area contributed by atoms with Crippen LogP contribution in [0.15, 0.2) is 60.7 Å². The molecule has 3 aromatic rings. The number of Topliss-reactive ketones (excluding diaryl/α,β-unsaturated/α-hetero) is 1. The van der Waals surface area contributed by atoms with E-state index in [2.05, 4.69) is 21.2 Å². The van der Waals surface area contributed by atoms with Crippen LogP contribution in [0.25, 0.3) is 6.08 Å². The van der Waals surface area contributed by atoms with Gasteiger partial charge in [0.2, 0.25) is 5.91 Å². The van der Waals surface area contributed by atoms with Crippen molar-refractivity contribution in [3.8, 4) is 0 Å². The van der Waals surface area contributed by atoms with Gasteiger partial charge in [-0.25, -0.2) is 9.18 Å². The minimum absolute atomic E-state index is 0.0905. The van der Waals surface area contributed by atoms with Gasteiger partial charge in [0.15, 0.2) is 5.78 Å². The Morgan fingerprint density at radius 2 is 1.67 bits per heavy atom. The van der Waals surface area contributed by atoms with Gasteiger partial charge in [-0.2, -0.15) is 0 Å². The lowest BCUT2D eigenvalue weighted by molar-refractivity contribution is -0.135. The van der Waals surface area contributed by atoms with Crippen LogP contribution < -0.4 is 10.2 Å². The van der Waals surface area contributed by atoms with Crippen molar-refractivity contribution < 1.29 is 33.0 Å². The highest BCUT2D eigenvalue weighted by Crippen LogP contribution is 2.38. The first-order valence-electron chi connectivity index (χ1n) is 17.8. The fraction of sp³-hybridized carbons (Fsp3) is 0.400. The molecule has 3 heterocycles. The van der Waals surface area contributed by atoms with E-state index in [1.807, 2.05) is 12.1 Å². The van der Waals surface area contributed by atoms with E-state index in [0.717, 1.165) is 37.2 Å². The molecule has 0 saturated carbocycles. The van der Waals surface area contributed by atoms with Crippen molar-refractivity contribution in [2.75, 3.05) is 63.3 Å². The summed E-state index contributed by atoms with van der Waals surface area (Å²) >= 11 is 6.02. The number of hydrogen-bond donors (Lipinski definition) is 1. The van der Waals surface area contributed by atoms with Crippen LogP contribution in [0.5, 0.6) is 0 Å². The predicted octanol–water partition coefficient (Wildman–Crippen LogP) is 6.33. The Bertz CT molecular complexity index is 1840. The van der Waals surface area contributed by atoms with Crippen molar-refractivity contribution in [1.82, 2.24) is 9.80 Å². The van der Waals surface area contributed by atoms with Crippen LogP contribution in [-0.4, -0.2) is 92.5 Å². The first-order chi connectivity index (χ1) is 25.2. The van der Waals surface area contributed by atoms with Crippen LogP contribution in [0.1, 0.15) is 76.1 Å². The van der Waals surface area contributed by atoms with Gasteiger partial charge in [0.25, 0.3) is 5.91 Å². The molecular weight excluding hydrogens is 687 g/mol. The number of halogens is 2. The Balaban J connectivity index is 1.28. The molecule has 0 radical (unpaired) electrons. The SMILES string of the molecule is COCCOC(=O)c1ccc(NC(=O)C2c3cccc(N4CCC(N5CCCC5)CC4)c3CCN2C(=O)/C=C/c2c(C(C)=O)ccc(Cl)c2F)cc1. The predicted molar refractivity (Wildman–Crippen MR) is 198 cm³/mol. The number of rotatable bonds is 11. The molecule has 3 aliphatic rings. The van der Waals surface area contributed by atoms with E-state index in [-0.39, 0.29) is 41.7 Å². The number of carbonyl (C=O) groups is 4. The molecule has 12 heteroatoms. The molecule has 10 nitrogen and oxygen atoms in total. The van der Waals surface area contributed by atoms with Gasteiger partial charge < -0.3 is 29.5 Å². The first-order valence-corrected chi connectivity index (χ1v) is 18.2. The summed E-state index contributed by atoms with van der Waals surface area (Å²) in [5.74, 6) is -2.66. The van der Waals surface area contributed by atoms with Crippen LogP contribution in [-0.2, 0) is 25.5 Å². The average molecular weight is 731 g/mol. The monoisotopic (exact) mass is 730 g/mol. The molecular formula is C40H44ClFN4O6. The summed E-state index contributed by atoms with van der Waals surface area (Å²) < 4.78 is 25.2. The zero-order valence-corrected chi connectivity index (χ0v) is 30.3. The summed E-state index contributed by atoms with van der Waals surface area (Å²) in [5.41, 5.74) is 3.54. The number of hydrogen-bond acceptors (Lipinski definition) is 8. The largest absolute Gasteiger partial charge is 0.460 e. The zero-order valence-electron chi connectivity index (χ0n) is 29.5. The number of piperidine rings is 1. The number of methoxy groups -OCH3 is 1. The van der Waals surface area contributed by atoms with Crippen LogP contribution in [0.2, 0.25) is 5.02 Å². The lowest BCUT2D eigenvalue weighted by Crippen LogP contribution is -2.46. The molecule has 0 aliphatic carbocycles. The molecule has 2 amide bonds. The maximum atomic E-state index is 15.1. The molecule has 52 heavy (non-hydrogen) atoms. The van der Waals surface area contributed by atoms with Crippen LogP contribution in [0.3, 0.4) is 0 Å².